The fourth-order valence-corrected chi connectivity index (χ4v) is 3.74. The van der Waals surface area contributed by atoms with E-state index >= 15 is 0 Å². The van der Waals surface area contributed by atoms with Gasteiger partial charge in [0.2, 0.25) is 5.91 Å². The predicted octanol–water partition coefficient (Wildman–Crippen LogP) is 2.25. The first kappa shape index (κ1) is 16.7. The van der Waals surface area contributed by atoms with Crippen LogP contribution >= 0.6 is 11.6 Å². The number of benzene rings is 1. The molecule has 2 N–H and O–H groups in total. The zero-order chi connectivity index (χ0) is 16.4. The van der Waals surface area contributed by atoms with Crippen LogP contribution in [0.4, 0.5) is 4.39 Å². The molecule has 3 rings (SSSR count). The normalized spacial score (nSPS) is 25.8. The van der Waals surface area contributed by atoms with Crippen LogP contribution in [0.15, 0.2) is 18.2 Å². The molecule has 1 aromatic rings. The van der Waals surface area contributed by atoms with Crippen molar-refractivity contribution in [2.45, 2.75) is 31.8 Å². The van der Waals surface area contributed by atoms with Crippen molar-refractivity contribution in [2.24, 2.45) is 11.7 Å². The third kappa shape index (κ3) is 4.03. The fraction of sp³-hybridized carbons (Fsp3) is 0.588. The molecule has 0 radical (unpaired) electrons. The summed E-state index contributed by atoms with van der Waals surface area (Å²) in [4.78, 5) is 16.7. The summed E-state index contributed by atoms with van der Waals surface area (Å²) < 4.78 is 13.1. The standard InChI is InChI=1S/C17H23ClFN3O/c18-16-10-14(19)3-1-13(16)11-21-5-7-22(8-6-21)17(23)12-2-4-15(20)9-12/h1,3,10,12,15H,2,4-9,11,20H2/t12-,15+/m0/s1. The summed E-state index contributed by atoms with van der Waals surface area (Å²) >= 11 is 6.08. The van der Waals surface area contributed by atoms with E-state index in [0.29, 0.717) is 11.6 Å². The Morgan fingerprint density at radius 2 is 2.00 bits per heavy atom. The number of carbonyl (C=O) groups excluding carboxylic acids is 1. The predicted molar refractivity (Wildman–Crippen MR) is 88.6 cm³/mol. The maximum Gasteiger partial charge on any atom is 0.225 e. The lowest BCUT2D eigenvalue weighted by Crippen LogP contribution is -2.49. The van der Waals surface area contributed by atoms with Gasteiger partial charge in [0.05, 0.1) is 0 Å². The van der Waals surface area contributed by atoms with Gasteiger partial charge in [-0.05, 0) is 37.0 Å². The molecule has 0 unspecified atom stereocenters. The molecule has 1 amide bonds. The van der Waals surface area contributed by atoms with Gasteiger partial charge in [0.1, 0.15) is 5.82 Å². The smallest absolute Gasteiger partial charge is 0.225 e. The van der Waals surface area contributed by atoms with Crippen LogP contribution in [0.2, 0.25) is 5.02 Å². The van der Waals surface area contributed by atoms with E-state index in [4.69, 9.17) is 17.3 Å². The largest absolute Gasteiger partial charge is 0.340 e. The van der Waals surface area contributed by atoms with Crippen LogP contribution in [0.3, 0.4) is 0 Å². The summed E-state index contributed by atoms with van der Waals surface area (Å²) in [6.45, 7) is 3.80. The van der Waals surface area contributed by atoms with Gasteiger partial charge in [-0.1, -0.05) is 17.7 Å². The molecule has 1 aliphatic carbocycles. The Bertz CT molecular complexity index is 575. The molecule has 23 heavy (non-hydrogen) atoms. The molecule has 1 heterocycles. The first-order valence-corrected chi connectivity index (χ1v) is 8.61. The number of piperazine rings is 1. The minimum atomic E-state index is -0.316. The lowest BCUT2D eigenvalue weighted by atomic mass is 10.1. The number of rotatable bonds is 3. The highest BCUT2D eigenvalue weighted by Gasteiger charge is 2.32. The summed E-state index contributed by atoms with van der Waals surface area (Å²) in [7, 11) is 0. The second kappa shape index (κ2) is 7.16. The van der Waals surface area contributed by atoms with Crippen LogP contribution in [0.1, 0.15) is 24.8 Å². The van der Waals surface area contributed by atoms with Crippen LogP contribution in [-0.4, -0.2) is 47.9 Å². The highest BCUT2D eigenvalue weighted by molar-refractivity contribution is 6.31. The van der Waals surface area contributed by atoms with Crippen molar-refractivity contribution < 1.29 is 9.18 Å². The quantitative estimate of drug-likeness (QED) is 0.919. The van der Waals surface area contributed by atoms with Gasteiger partial charge >= 0.3 is 0 Å². The molecule has 1 saturated heterocycles. The molecule has 6 heteroatoms. The zero-order valence-corrected chi connectivity index (χ0v) is 13.9. The lowest BCUT2D eigenvalue weighted by Gasteiger charge is -2.36. The number of hydrogen-bond acceptors (Lipinski definition) is 3. The highest BCUT2D eigenvalue weighted by Crippen LogP contribution is 2.26. The molecule has 0 aromatic heterocycles. The molecule has 1 aliphatic heterocycles. The van der Waals surface area contributed by atoms with Crippen LogP contribution < -0.4 is 5.73 Å². The Kier molecular flexibility index (Phi) is 5.19. The Morgan fingerprint density at radius 1 is 1.26 bits per heavy atom. The van der Waals surface area contributed by atoms with Crippen molar-refractivity contribution in [1.82, 2.24) is 9.80 Å². The van der Waals surface area contributed by atoms with E-state index in [1.54, 1.807) is 6.07 Å². The molecular formula is C17H23ClFN3O. The summed E-state index contributed by atoms with van der Waals surface area (Å²) in [5.41, 5.74) is 6.83. The summed E-state index contributed by atoms with van der Waals surface area (Å²) in [6, 6.07) is 4.70. The van der Waals surface area contributed by atoms with Crippen LogP contribution in [0.5, 0.6) is 0 Å². The van der Waals surface area contributed by atoms with Crippen molar-refractivity contribution in [3.63, 3.8) is 0 Å². The summed E-state index contributed by atoms with van der Waals surface area (Å²) in [6.07, 6.45) is 2.70. The highest BCUT2D eigenvalue weighted by atomic mass is 35.5. The molecule has 2 fully saturated rings. The molecule has 1 saturated carbocycles. The first-order chi connectivity index (χ1) is 11.0. The SMILES string of the molecule is N[C@@H]1CC[C@H](C(=O)N2CCN(Cc3ccc(F)cc3Cl)CC2)C1. The molecule has 2 aliphatic rings. The maximum absolute atomic E-state index is 13.1. The number of halogens is 2. The minimum absolute atomic E-state index is 0.114. The van der Waals surface area contributed by atoms with Gasteiger partial charge in [0, 0.05) is 49.7 Å². The van der Waals surface area contributed by atoms with Crippen molar-refractivity contribution in [2.75, 3.05) is 26.2 Å². The van der Waals surface area contributed by atoms with Crippen molar-refractivity contribution in [3.05, 3.63) is 34.6 Å². The monoisotopic (exact) mass is 339 g/mol. The number of amides is 1. The van der Waals surface area contributed by atoms with Gasteiger partial charge in [0.25, 0.3) is 0 Å². The molecular weight excluding hydrogens is 317 g/mol. The van der Waals surface area contributed by atoms with Crippen LogP contribution in [0.25, 0.3) is 0 Å². The van der Waals surface area contributed by atoms with Gasteiger partial charge in [-0.15, -0.1) is 0 Å². The van der Waals surface area contributed by atoms with Gasteiger partial charge in [-0.2, -0.15) is 0 Å². The van der Waals surface area contributed by atoms with Gasteiger partial charge in [-0.3, -0.25) is 9.69 Å². The van der Waals surface area contributed by atoms with Crippen molar-refractivity contribution in [1.29, 1.82) is 0 Å². The molecule has 126 valence electrons. The minimum Gasteiger partial charge on any atom is -0.340 e. The number of carbonyl (C=O) groups is 1. The zero-order valence-electron chi connectivity index (χ0n) is 13.2. The first-order valence-electron chi connectivity index (χ1n) is 8.23. The number of nitrogens with two attached hydrogens (primary N) is 1. The van der Waals surface area contributed by atoms with Crippen molar-refractivity contribution in [3.8, 4) is 0 Å². The molecule has 0 spiro atoms. The van der Waals surface area contributed by atoms with Crippen LogP contribution in [0, 0.1) is 11.7 Å². The van der Waals surface area contributed by atoms with E-state index in [-0.39, 0.29) is 23.7 Å². The molecule has 0 bridgehead atoms. The van der Waals surface area contributed by atoms with E-state index < -0.39 is 0 Å². The van der Waals surface area contributed by atoms with Crippen molar-refractivity contribution >= 4 is 17.5 Å². The van der Waals surface area contributed by atoms with Gasteiger partial charge in [0.15, 0.2) is 0 Å². The molecule has 2 atom stereocenters. The third-order valence-corrected chi connectivity index (χ3v) is 5.27. The van der Waals surface area contributed by atoms with Crippen LogP contribution in [-0.2, 0) is 11.3 Å². The summed E-state index contributed by atoms with van der Waals surface area (Å²) in [5.74, 6) is 0.0597. The second-order valence-corrected chi connectivity index (χ2v) is 7.01. The van der Waals surface area contributed by atoms with E-state index in [1.165, 1.54) is 12.1 Å². The Hall–Kier alpha value is -1.17. The Labute approximate surface area is 141 Å². The van der Waals surface area contributed by atoms with E-state index in [0.717, 1.165) is 51.0 Å². The van der Waals surface area contributed by atoms with E-state index in [9.17, 15) is 9.18 Å². The van der Waals surface area contributed by atoms with Gasteiger partial charge < -0.3 is 10.6 Å². The second-order valence-electron chi connectivity index (χ2n) is 6.61. The molecule has 1 aromatic carbocycles. The molecule has 4 nitrogen and oxygen atoms in total. The maximum atomic E-state index is 13.1. The Morgan fingerprint density at radius 3 is 2.61 bits per heavy atom. The average molecular weight is 340 g/mol. The topological polar surface area (TPSA) is 49.6 Å². The fourth-order valence-electron chi connectivity index (χ4n) is 3.52. The Balaban J connectivity index is 1.51. The average Bonchev–Trinajstić information content (AvgIpc) is 2.97. The van der Waals surface area contributed by atoms with E-state index in [2.05, 4.69) is 4.90 Å². The van der Waals surface area contributed by atoms with E-state index in [1.807, 2.05) is 4.90 Å². The third-order valence-electron chi connectivity index (χ3n) is 4.92. The van der Waals surface area contributed by atoms with Gasteiger partial charge in [-0.25, -0.2) is 4.39 Å². The lowest BCUT2D eigenvalue weighted by molar-refractivity contribution is -0.137. The number of nitrogens with zero attached hydrogens (tertiary/aromatic N) is 2. The summed E-state index contributed by atoms with van der Waals surface area (Å²) in [5, 5.41) is 0.462. The number of hydrogen-bond donors (Lipinski definition) is 1.